The Morgan fingerprint density at radius 1 is 1.28 bits per heavy atom. The van der Waals surface area contributed by atoms with E-state index in [1.54, 1.807) is 31.3 Å². The van der Waals surface area contributed by atoms with Crippen LogP contribution in [0.25, 0.3) is 6.08 Å². The molecule has 0 aliphatic heterocycles. The van der Waals surface area contributed by atoms with E-state index in [2.05, 4.69) is 0 Å². The van der Waals surface area contributed by atoms with Crippen LogP contribution in [0.5, 0.6) is 5.75 Å². The van der Waals surface area contributed by atoms with Crippen LogP contribution in [0.3, 0.4) is 0 Å². The molecule has 0 saturated carbocycles. The number of carbonyl (C=O) groups excluding carboxylic acids is 1. The molecule has 0 unspecified atom stereocenters. The van der Waals surface area contributed by atoms with Crippen molar-refractivity contribution in [3.63, 3.8) is 0 Å². The van der Waals surface area contributed by atoms with Gasteiger partial charge in [0, 0.05) is 31.8 Å². The number of amides is 1. The highest BCUT2D eigenvalue weighted by molar-refractivity contribution is 5.91. The number of methoxy groups -OCH3 is 1. The standard InChI is InChI=1S/C18H17FN2O4/c1-20(12-14-5-9-17(25-2)16(19)11-14)18(22)10-6-13-3-7-15(8-4-13)21(23)24/h3-11H,12H2,1-2H3/b10-6+. The first-order valence-corrected chi connectivity index (χ1v) is 7.40. The third-order valence-electron chi connectivity index (χ3n) is 3.53. The lowest BCUT2D eigenvalue weighted by Gasteiger charge is -2.15. The van der Waals surface area contributed by atoms with Crippen molar-refractivity contribution in [1.82, 2.24) is 4.90 Å². The summed E-state index contributed by atoms with van der Waals surface area (Å²) in [4.78, 5) is 23.7. The van der Waals surface area contributed by atoms with Crippen LogP contribution in [-0.4, -0.2) is 29.9 Å². The number of rotatable bonds is 6. The van der Waals surface area contributed by atoms with Crippen LogP contribution in [-0.2, 0) is 11.3 Å². The third-order valence-corrected chi connectivity index (χ3v) is 3.53. The Hall–Kier alpha value is -3.22. The quantitative estimate of drug-likeness (QED) is 0.457. The maximum atomic E-state index is 13.7. The SMILES string of the molecule is COc1ccc(CN(C)C(=O)/C=C/c2ccc([N+](=O)[O-])cc2)cc1F. The molecule has 0 bridgehead atoms. The number of non-ortho nitro benzene ring substituents is 1. The first-order valence-electron chi connectivity index (χ1n) is 7.40. The van der Waals surface area contributed by atoms with Crippen LogP contribution in [0.15, 0.2) is 48.5 Å². The van der Waals surface area contributed by atoms with E-state index in [-0.39, 0.29) is 23.9 Å². The lowest BCUT2D eigenvalue weighted by Crippen LogP contribution is -2.24. The molecule has 6 nitrogen and oxygen atoms in total. The van der Waals surface area contributed by atoms with Crippen LogP contribution in [0.1, 0.15) is 11.1 Å². The Labute approximate surface area is 144 Å². The van der Waals surface area contributed by atoms with Gasteiger partial charge in [0.1, 0.15) is 0 Å². The molecule has 0 heterocycles. The Balaban J connectivity index is 1.99. The Kier molecular flexibility index (Phi) is 5.84. The highest BCUT2D eigenvalue weighted by Crippen LogP contribution is 2.18. The Morgan fingerprint density at radius 3 is 2.52 bits per heavy atom. The fourth-order valence-corrected chi connectivity index (χ4v) is 2.16. The van der Waals surface area contributed by atoms with E-state index in [4.69, 9.17) is 4.74 Å². The molecule has 0 spiro atoms. The van der Waals surface area contributed by atoms with Crippen LogP contribution in [0, 0.1) is 15.9 Å². The van der Waals surface area contributed by atoms with Gasteiger partial charge >= 0.3 is 0 Å². The molecule has 0 aliphatic rings. The maximum absolute atomic E-state index is 13.7. The summed E-state index contributed by atoms with van der Waals surface area (Å²) >= 11 is 0. The lowest BCUT2D eigenvalue weighted by atomic mass is 10.2. The van der Waals surface area contributed by atoms with Gasteiger partial charge in [0.2, 0.25) is 5.91 Å². The number of nitro benzene ring substituents is 1. The smallest absolute Gasteiger partial charge is 0.269 e. The molecular weight excluding hydrogens is 327 g/mol. The van der Waals surface area contributed by atoms with Gasteiger partial charge in [-0.25, -0.2) is 4.39 Å². The van der Waals surface area contributed by atoms with Gasteiger partial charge in [0.25, 0.3) is 5.69 Å². The second kappa shape index (κ2) is 8.05. The van der Waals surface area contributed by atoms with Crippen molar-refractivity contribution in [2.24, 2.45) is 0 Å². The van der Waals surface area contributed by atoms with Crippen LogP contribution >= 0.6 is 0 Å². The number of hydrogen-bond acceptors (Lipinski definition) is 4. The van der Waals surface area contributed by atoms with Gasteiger partial charge in [0.05, 0.1) is 12.0 Å². The summed E-state index contributed by atoms with van der Waals surface area (Å²) in [5.41, 5.74) is 1.29. The number of halogens is 1. The predicted molar refractivity (Wildman–Crippen MR) is 91.6 cm³/mol. The number of hydrogen-bond donors (Lipinski definition) is 0. The predicted octanol–water partition coefficient (Wildman–Crippen LogP) is 3.41. The molecule has 130 valence electrons. The molecule has 0 radical (unpaired) electrons. The second-order valence-corrected chi connectivity index (χ2v) is 5.35. The van der Waals surface area contributed by atoms with Crippen molar-refractivity contribution in [3.8, 4) is 5.75 Å². The molecule has 0 fully saturated rings. The van der Waals surface area contributed by atoms with E-state index < -0.39 is 10.7 Å². The first-order chi connectivity index (χ1) is 11.9. The fourth-order valence-electron chi connectivity index (χ4n) is 2.16. The van der Waals surface area contributed by atoms with E-state index in [1.165, 1.54) is 42.4 Å². The average molecular weight is 344 g/mol. The topological polar surface area (TPSA) is 72.7 Å². The highest BCUT2D eigenvalue weighted by Gasteiger charge is 2.09. The Morgan fingerprint density at radius 2 is 1.96 bits per heavy atom. The summed E-state index contributed by atoms with van der Waals surface area (Å²) < 4.78 is 18.5. The van der Waals surface area contributed by atoms with Crippen molar-refractivity contribution in [1.29, 1.82) is 0 Å². The highest BCUT2D eigenvalue weighted by atomic mass is 19.1. The minimum Gasteiger partial charge on any atom is -0.494 e. The second-order valence-electron chi connectivity index (χ2n) is 5.35. The largest absolute Gasteiger partial charge is 0.494 e. The zero-order valence-electron chi connectivity index (χ0n) is 13.8. The number of nitro groups is 1. The van der Waals surface area contributed by atoms with Crippen molar-refractivity contribution >= 4 is 17.7 Å². The number of benzene rings is 2. The van der Waals surface area contributed by atoms with E-state index in [0.29, 0.717) is 11.1 Å². The molecule has 2 aromatic carbocycles. The molecule has 25 heavy (non-hydrogen) atoms. The van der Waals surface area contributed by atoms with E-state index in [1.807, 2.05) is 0 Å². The van der Waals surface area contributed by atoms with Gasteiger partial charge in [-0.05, 0) is 41.5 Å². The van der Waals surface area contributed by atoms with Gasteiger partial charge in [-0.3, -0.25) is 14.9 Å². The van der Waals surface area contributed by atoms with E-state index >= 15 is 0 Å². The third kappa shape index (κ3) is 4.87. The minimum atomic E-state index is -0.486. The zero-order chi connectivity index (χ0) is 18.4. The van der Waals surface area contributed by atoms with Crippen LogP contribution < -0.4 is 4.74 Å². The molecule has 0 aromatic heterocycles. The summed E-state index contributed by atoms with van der Waals surface area (Å²) in [6, 6.07) is 10.4. The summed E-state index contributed by atoms with van der Waals surface area (Å²) in [6.07, 6.45) is 2.93. The molecular formula is C18H17FN2O4. The molecule has 0 saturated heterocycles. The van der Waals surface area contributed by atoms with Crippen LogP contribution in [0.4, 0.5) is 10.1 Å². The molecule has 1 amide bonds. The molecule has 2 rings (SSSR count). The zero-order valence-corrected chi connectivity index (χ0v) is 13.8. The summed E-state index contributed by atoms with van der Waals surface area (Å²) in [5.74, 6) is -0.604. The van der Waals surface area contributed by atoms with Gasteiger partial charge in [-0.1, -0.05) is 6.07 Å². The van der Waals surface area contributed by atoms with E-state index in [9.17, 15) is 19.3 Å². The monoisotopic (exact) mass is 344 g/mol. The molecule has 0 aliphatic carbocycles. The summed E-state index contributed by atoms with van der Waals surface area (Å²) in [6.45, 7) is 0.240. The van der Waals surface area contributed by atoms with Gasteiger partial charge < -0.3 is 9.64 Å². The molecule has 7 heteroatoms. The van der Waals surface area contributed by atoms with Gasteiger partial charge in [-0.2, -0.15) is 0 Å². The van der Waals surface area contributed by atoms with Crippen molar-refractivity contribution in [2.75, 3.05) is 14.2 Å². The Bertz CT molecular complexity index is 803. The molecule has 0 N–H and O–H groups in total. The fraction of sp³-hybridized carbons (Fsp3) is 0.167. The van der Waals surface area contributed by atoms with Crippen LogP contribution in [0.2, 0.25) is 0 Å². The number of nitrogens with zero attached hydrogens (tertiary/aromatic N) is 2. The molecule has 0 atom stereocenters. The maximum Gasteiger partial charge on any atom is 0.269 e. The number of ether oxygens (including phenoxy) is 1. The van der Waals surface area contributed by atoms with Gasteiger partial charge in [0.15, 0.2) is 11.6 Å². The average Bonchev–Trinajstić information content (AvgIpc) is 2.60. The normalized spacial score (nSPS) is 10.7. The number of likely N-dealkylation sites (N-methyl/N-ethyl adjacent to an activating group) is 1. The minimum absolute atomic E-state index is 0.0119. The van der Waals surface area contributed by atoms with Crippen molar-refractivity contribution in [2.45, 2.75) is 6.54 Å². The van der Waals surface area contributed by atoms with Gasteiger partial charge in [-0.15, -0.1) is 0 Å². The number of carbonyl (C=O) groups is 1. The summed E-state index contributed by atoms with van der Waals surface area (Å²) in [7, 11) is 2.99. The van der Waals surface area contributed by atoms with Crippen molar-refractivity contribution < 1.29 is 18.8 Å². The van der Waals surface area contributed by atoms with E-state index in [0.717, 1.165) is 0 Å². The van der Waals surface area contributed by atoms with Crippen molar-refractivity contribution in [3.05, 3.63) is 75.6 Å². The molecule has 2 aromatic rings. The summed E-state index contributed by atoms with van der Waals surface area (Å²) in [5, 5.41) is 10.6. The lowest BCUT2D eigenvalue weighted by molar-refractivity contribution is -0.384. The first kappa shape index (κ1) is 18.1.